The number of nitrogens with zero attached hydrogens (tertiary/aromatic N) is 3. The number of non-ortho nitro benzene ring substituents is 1. The van der Waals surface area contributed by atoms with E-state index in [1.54, 1.807) is 6.07 Å². The second-order valence-electron chi connectivity index (χ2n) is 5.00. The second kappa shape index (κ2) is 6.33. The summed E-state index contributed by atoms with van der Waals surface area (Å²) in [5.74, 6) is 0.287. The number of methoxy groups -OCH3 is 1. The number of benzene rings is 3. The lowest BCUT2D eigenvalue weighted by atomic mass is 10.1. The summed E-state index contributed by atoms with van der Waals surface area (Å²) in [6.07, 6.45) is 0. The number of azo groups is 1. The summed E-state index contributed by atoms with van der Waals surface area (Å²) in [6, 6.07) is 14.8. The zero-order valence-electron chi connectivity index (χ0n) is 12.7. The molecule has 0 amide bonds. The Morgan fingerprint density at radius 3 is 2.62 bits per heavy atom. The van der Waals surface area contributed by atoms with Gasteiger partial charge in [0.1, 0.15) is 17.2 Å². The fraction of sp³-hybridized carbons (Fsp3) is 0.0588. The van der Waals surface area contributed by atoms with Crippen molar-refractivity contribution in [2.75, 3.05) is 7.11 Å². The molecule has 3 aromatic carbocycles. The zero-order valence-corrected chi connectivity index (χ0v) is 12.7. The Morgan fingerprint density at radius 2 is 1.88 bits per heavy atom. The molecule has 7 nitrogen and oxygen atoms in total. The molecule has 120 valence electrons. The molecule has 0 aromatic heterocycles. The van der Waals surface area contributed by atoms with E-state index >= 15 is 0 Å². The molecule has 7 heteroatoms. The van der Waals surface area contributed by atoms with Crippen molar-refractivity contribution in [2.45, 2.75) is 0 Å². The molecule has 1 N–H and O–H groups in total. The summed E-state index contributed by atoms with van der Waals surface area (Å²) < 4.78 is 5.04. The highest BCUT2D eigenvalue weighted by atomic mass is 16.6. The lowest BCUT2D eigenvalue weighted by Crippen LogP contribution is -1.89. The van der Waals surface area contributed by atoms with Crippen LogP contribution in [0.4, 0.5) is 17.1 Å². The number of nitro groups is 1. The van der Waals surface area contributed by atoms with Crippen molar-refractivity contribution in [1.82, 2.24) is 0 Å². The van der Waals surface area contributed by atoms with Crippen molar-refractivity contribution in [3.63, 3.8) is 0 Å². The number of phenolic OH excluding ortho intramolecular Hbond substituents is 1. The molecule has 0 fully saturated rings. The minimum atomic E-state index is -0.531. The van der Waals surface area contributed by atoms with E-state index < -0.39 is 4.92 Å². The molecule has 0 spiro atoms. The Hall–Kier alpha value is -3.48. The topological polar surface area (TPSA) is 97.3 Å². The average Bonchev–Trinajstić information content (AvgIpc) is 2.60. The molecule has 0 saturated heterocycles. The standard InChI is InChI=1S/C17H13N3O4/c1-24-14-9-12(8-13(10-14)20(22)23)18-19-17-15-5-3-2-4-11(15)6-7-16(17)21/h2-10,21H,1H3. The second-order valence-corrected chi connectivity index (χ2v) is 5.00. The van der Waals surface area contributed by atoms with Gasteiger partial charge in [0.25, 0.3) is 5.69 Å². The molecule has 0 bridgehead atoms. The largest absolute Gasteiger partial charge is 0.506 e. The molecular weight excluding hydrogens is 310 g/mol. The minimum absolute atomic E-state index is 0.0187. The maximum atomic E-state index is 11.0. The first kappa shape index (κ1) is 15.4. The Labute approximate surface area is 137 Å². The predicted octanol–water partition coefficient (Wildman–Crippen LogP) is 4.88. The number of ether oxygens (including phenoxy) is 1. The lowest BCUT2D eigenvalue weighted by molar-refractivity contribution is -0.384. The maximum Gasteiger partial charge on any atom is 0.275 e. The van der Waals surface area contributed by atoms with Gasteiger partial charge in [-0.25, -0.2) is 0 Å². The molecule has 0 aliphatic rings. The maximum absolute atomic E-state index is 11.0. The van der Waals surface area contributed by atoms with Crippen LogP contribution >= 0.6 is 0 Å². The number of phenols is 1. The van der Waals surface area contributed by atoms with Crippen LogP contribution in [0, 0.1) is 10.1 Å². The SMILES string of the molecule is COc1cc(N=Nc2c(O)ccc3ccccc23)cc([N+](=O)[O-])c1. The van der Waals surface area contributed by atoms with Crippen molar-refractivity contribution in [2.24, 2.45) is 10.2 Å². The van der Waals surface area contributed by atoms with Crippen LogP contribution in [0.15, 0.2) is 64.8 Å². The molecule has 0 aliphatic carbocycles. The summed E-state index contributed by atoms with van der Waals surface area (Å²) in [7, 11) is 1.41. The van der Waals surface area contributed by atoms with Crippen LogP contribution in [0.5, 0.6) is 11.5 Å². The number of rotatable bonds is 4. The summed E-state index contributed by atoms with van der Waals surface area (Å²) in [4.78, 5) is 10.4. The van der Waals surface area contributed by atoms with E-state index in [0.717, 1.165) is 10.8 Å². The van der Waals surface area contributed by atoms with E-state index in [9.17, 15) is 15.2 Å². The Bertz CT molecular complexity index is 954. The van der Waals surface area contributed by atoms with Gasteiger partial charge in [0.2, 0.25) is 0 Å². The van der Waals surface area contributed by atoms with Gasteiger partial charge in [-0.15, -0.1) is 5.11 Å². The molecular formula is C17H13N3O4. The highest BCUT2D eigenvalue weighted by Crippen LogP contribution is 2.36. The van der Waals surface area contributed by atoms with Crippen LogP contribution < -0.4 is 4.74 Å². The van der Waals surface area contributed by atoms with E-state index in [1.807, 2.05) is 24.3 Å². The number of fused-ring (bicyclic) bond motifs is 1. The molecule has 0 radical (unpaired) electrons. The number of hydrogen-bond acceptors (Lipinski definition) is 6. The van der Waals surface area contributed by atoms with Gasteiger partial charge in [-0.2, -0.15) is 5.11 Å². The van der Waals surface area contributed by atoms with Gasteiger partial charge >= 0.3 is 0 Å². The van der Waals surface area contributed by atoms with Crippen LogP contribution in [-0.2, 0) is 0 Å². The highest BCUT2D eigenvalue weighted by Gasteiger charge is 2.11. The molecule has 0 atom stereocenters. The highest BCUT2D eigenvalue weighted by molar-refractivity contribution is 5.95. The normalized spacial score (nSPS) is 11.0. The fourth-order valence-electron chi connectivity index (χ4n) is 2.31. The summed E-state index contributed by atoms with van der Waals surface area (Å²) in [6.45, 7) is 0. The third-order valence-electron chi connectivity index (χ3n) is 3.47. The van der Waals surface area contributed by atoms with Gasteiger partial charge < -0.3 is 9.84 Å². The summed E-state index contributed by atoms with van der Waals surface area (Å²) in [5, 5.41) is 30.7. The van der Waals surface area contributed by atoms with Crippen LogP contribution in [-0.4, -0.2) is 17.1 Å². The van der Waals surface area contributed by atoms with Crippen molar-refractivity contribution in [3.8, 4) is 11.5 Å². The van der Waals surface area contributed by atoms with Gasteiger partial charge in [0.05, 0.1) is 23.8 Å². The van der Waals surface area contributed by atoms with Gasteiger partial charge in [-0.3, -0.25) is 10.1 Å². The third kappa shape index (κ3) is 3.00. The average molecular weight is 323 g/mol. The fourth-order valence-corrected chi connectivity index (χ4v) is 2.31. The third-order valence-corrected chi connectivity index (χ3v) is 3.47. The van der Waals surface area contributed by atoms with Crippen molar-refractivity contribution < 1.29 is 14.8 Å². The molecule has 0 aliphatic heterocycles. The Morgan fingerprint density at radius 1 is 1.08 bits per heavy atom. The van der Waals surface area contributed by atoms with E-state index in [-0.39, 0.29) is 17.1 Å². The van der Waals surface area contributed by atoms with Gasteiger partial charge in [0, 0.05) is 17.5 Å². The number of nitro benzene ring substituents is 1. The molecule has 0 heterocycles. The molecule has 3 rings (SSSR count). The molecule has 0 saturated carbocycles. The first-order valence-corrected chi connectivity index (χ1v) is 7.04. The van der Waals surface area contributed by atoms with Crippen LogP contribution in [0.2, 0.25) is 0 Å². The van der Waals surface area contributed by atoms with Crippen LogP contribution in [0.25, 0.3) is 10.8 Å². The van der Waals surface area contributed by atoms with Crippen LogP contribution in [0.3, 0.4) is 0 Å². The van der Waals surface area contributed by atoms with E-state index in [2.05, 4.69) is 10.2 Å². The van der Waals surface area contributed by atoms with Gasteiger partial charge in [0.15, 0.2) is 0 Å². The Balaban J connectivity index is 2.07. The zero-order chi connectivity index (χ0) is 17.1. The molecule has 0 unspecified atom stereocenters. The molecule has 24 heavy (non-hydrogen) atoms. The summed E-state index contributed by atoms with van der Waals surface area (Å²) >= 11 is 0. The first-order chi connectivity index (χ1) is 11.6. The predicted molar refractivity (Wildman–Crippen MR) is 89.4 cm³/mol. The van der Waals surface area contributed by atoms with E-state index in [4.69, 9.17) is 4.74 Å². The van der Waals surface area contributed by atoms with Crippen molar-refractivity contribution in [1.29, 1.82) is 0 Å². The van der Waals surface area contributed by atoms with Crippen molar-refractivity contribution >= 4 is 27.8 Å². The number of hydrogen-bond donors (Lipinski definition) is 1. The van der Waals surface area contributed by atoms with E-state index in [1.165, 1.54) is 31.4 Å². The van der Waals surface area contributed by atoms with Crippen molar-refractivity contribution in [3.05, 3.63) is 64.7 Å². The minimum Gasteiger partial charge on any atom is -0.506 e. The smallest absolute Gasteiger partial charge is 0.275 e. The van der Waals surface area contributed by atoms with Gasteiger partial charge in [-0.1, -0.05) is 30.3 Å². The molecule has 3 aromatic rings. The summed E-state index contributed by atoms with van der Waals surface area (Å²) in [5.41, 5.74) is 0.414. The Kier molecular flexibility index (Phi) is 4.07. The monoisotopic (exact) mass is 323 g/mol. The lowest BCUT2D eigenvalue weighted by Gasteiger charge is -2.04. The van der Waals surface area contributed by atoms with Crippen LogP contribution in [0.1, 0.15) is 0 Å². The quantitative estimate of drug-likeness (QED) is 0.420. The van der Waals surface area contributed by atoms with E-state index in [0.29, 0.717) is 11.4 Å². The first-order valence-electron chi connectivity index (χ1n) is 7.04. The number of aromatic hydroxyl groups is 1. The van der Waals surface area contributed by atoms with Gasteiger partial charge in [-0.05, 0) is 11.5 Å².